The molecule has 1 aromatic carbocycles. The Bertz CT molecular complexity index is 272. The van der Waals surface area contributed by atoms with Gasteiger partial charge >= 0.3 is 0 Å². The van der Waals surface area contributed by atoms with Crippen molar-refractivity contribution in [3.05, 3.63) is 24.3 Å². The molecule has 0 unspecified atom stereocenters. The SMILES string of the molecule is CCOc1ccc(OCCCCCN)cc1. The Morgan fingerprint density at radius 3 is 2.12 bits per heavy atom. The van der Waals surface area contributed by atoms with Gasteiger partial charge in [0, 0.05) is 0 Å². The van der Waals surface area contributed by atoms with E-state index in [-0.39, 0.29) is 0 Å². The average Bonchev–Trinajstić information content (AvgIpc) is 2.31. The van der Waals surface area contributed by atoms with Crippen LogP contribution in [0.3, 0.4) is 0 Å². The van der Waals surface area contributed by atoms with Gasteiger partial charge in [-0.15, -0.1) is 0 Å². The van der Waals surface area contributed by atoms with Gasteiger partial charge in [-0.05, 0) is 57.0 Å². The van der Waals surface area contributed by atoms with Crippen LogP contribution in [0.2, 0.25) is 0 Å². The largest absolute Gasteiger partial charge is 0.494 e. The van der Waals surface area contributed by atoms with E-state index in [0.717, 1.165) is 43.9 Å². The monoisotopic (exact) mass is 223 g/mol. The zero-order valence-electron chi connectivity index (χ0n) is 9.95. The predicted molar refractivity (Wildman–Crippen MR) is 66.0 cm³/mol. The molecule has 0 aromatic heterocycles. The number of hydrogen-bond acceptors (Lipinski definition) is 3. The van der Waals surface area contributed by atoms with Gasteiger partial charge in [-0.1, -0.05) is 0 Å². The van der Waals surface area contributed by atoms with Crippen LogP contribution in [-0.4, -0.2) is 19.8 Å². The summed E-state index contributed by atoms with van der Waals surface area (Å²) in [7, 11) is 0. The minimum Gasteiger partial charge on any atom is -0.494 e. The van der Waals surface area contributed by atoms with Crippen molar-refractivity contribution in [2.24, 2.45) is 5.73 Å². The summed E-state index contributed by atoms with van der Waals surface area (Å²) in [5, 5.41) is 0. The van der Waals surface area contributed by atoms with Crippen LogP contribution in [0, 0.1) is 0 Å². The second-order valence-electron chi connectivity index (χ2n) is 3.60. The van der Waals surface area contributed by atoms with Crippen molar-refractivity contribution in [2.45, 2.75) is 26.2 Å². The Morgan fingerprint density at radius 1 is 0.938 bits per heavy atom. The maximum atomic E-state index is 5.59. The molecule has 90 valence electrons. The first kappa shape index (κ1) is 12.8. The highest BCUT2D eigenvalue weighted by atomic mass is 16.5. The average molecular weight is 223 g/mol. The van der Waals surface area contributed by atoms with E-state index in [1.807, 2.05) is 31.2 Å². The van der Waals surface area contributed by atoms with E-state index < -0.39 is 0 Å². The number of nitrogens with two attached hydrogens (primary N) is 1. The van der Waals surface area contributed by atoms with Crippen LogP contribution in [0.1, 0.15) is 26.2 Å². The number of ether oxygens (including phenoxy) is 2. The molecule has 0 aliphatic heterocycles. The standard InChI is InChI=1S/C13H21NO2/c1-2-15-12-6-8-13(9-7-12)16-11-5-3-4-10-14/h6-9H,2-5,10-11,14H2,1H3. The summed E-state index contributed by atoms with van der Waals surface area (Å²) in [5.41, 5.74) is 5.41. The topological polar surface area (TPSA) is 44.5 Å². The first-order chi connectivity index (χ1) is 7.86. The molecule has 0 fully saturated rings. The Balaban J connectivity index is 2.21. The van der Waals surface area contributed by atoms with Crippen LogP contribution in [0.25, 0.3) is 0 Å². The molecule has 0 aliphatic carbocycles. The molecule has 3 heteroatoms. The van der Waals surface area contributed by atoms with Crippen LogP contribution in [0.5, 0.6) is 11.5 Å². The van der Waals surface area contributed by atoms with Gasteiger partial charge < -0.3 is 15.2 Å². The highest BCUT2D eigenvalue weighted by Crippen LogP contribution is 2.17. The van der Waals surface area contributed by atoms with E-state index in [1.165, 1.54) is 0 Å². The summed E-state index contributed by atoms with van der Waals surface area (Å²) in [6.45, 7) is 4.19. The summed E-state index contributed by atoms with van der Waals surface area (Å²) in [6, 6.07) is 7.74. The third-order valence-corrected chi connectivity index (χ3v) is 2.25. The molecule has 2 N–H and O–H groups in total. The van der Waals surface area contributed by atoms with E-state index in [9.17, 15) is 0 Å². The Labute approximate surface area is 97.6 Å². The first-order valence-electron chi connectivity index (χ1n) is 5.92. The molecule has 1 rings (SSSR count). The fourth-order valence-corrected chi connectivity index (χ4v) is 1.41. The zero-order valence-corrected chi connectivity index (χ0v) is 9.95. The van der Waals surface area contributed by atoms with Gasteiger partial charge in [-0.2, -0.15) is 0 Å². The van der Waals surface area contributed by atoms with E-state index in [2.05, 4.69) is 0 Å². The summed E-state index contributed by atoms with van der Waals surface area (Å²) in [4.78, 5) is 0. The van der Waals surface area contributed by atoms with Gasteiger partial charge in [-0.3, -0.25) is 0 Å². The van der Waals surface area contributed by atoms with Crippen molar-refractivity contribution >= 4 is 0 Å². The van der Waals surface area contributed by atoms with Gasteiger partial charge in [0.25, 0.3) is 0 Å². The van der Waals surface area contributed by atoms with Crippen LogP contribution < -0.4 is 15.2 Å². The van der Waals surface area contributed by atoms with Gasteiger partial charge in [-0.25, -0.2) is 0 Å². The molecule has 0 saturated carbocycles. The highest BCUT2D eigenvalue weighted by Gasteiger charge is 1.95. The quantitative estimate of drug-likeness (QED) is 0.689. The molecule has 16 heavy (non-hydrogen) atoms. The van der Waals surface area contributed by atoms with Crippen molar-refractivity contribution in [2.75, 3.05) is 19.8 Å². The predicted octanol–water partition coefficient (Wildman–Crippen LogP) is 2.59. The molecule has 0 bridgehead atoms. The molecule has 0 radical (unpaired) electrons. The Morgan fingerprint density at radius 2 is 1.56 bits per heavy atom. The van der Waals surface area contributed by atoms with Gasteiger partial charge in [0.2, 0.25) is 0 Å². The second-order valence-corrected chi connectivity index (χ2v) is 3.60. The lowest BCUT2D eigenvalue weighted by atomic mass is 10.2. The van der Waals surface area contributed by atoms with Crippen molar-refractivity contribution in [1.82, 2.24) is 0 Å². The number of rotatable bonds is 8. The molecule has 0 atom stereocenters. The summed E-state index contributed by atoms with van der Waals surface area (Å²) in [6.07, 6.45) is 3.27. The van der Waals surface area contributed by atoms with Crippen molar-refractivity contribution < 1.29 is 9.47 Å². The molecule has 1 aromatic rings. The van der Waals surface area contributed by atoms with E-state index >= 15 is 0 Å². The first-order valence-corrected chi connectivity index (χ1v) is 5.92. The summed E-state index contributed by atoms with van der Waals surface area (Å²) < 4.78 is 10.9. The maximum Gasteiger partial charge on any atom is 0.119 e. The Hall–Kier alpha value is -1.22. The lowest BCUT2D eigenvalue weighted by Gasteiger charge is -2.07. The van der Waals surface area contributed by atoms with Crippen molar-refractivity contribution in [3.63, 3.8) is 0 Å². The van der Waals surface area contributed by atoms with Gasteiger partial charge in [0.05, 0.1) is 13.2 Å². The van der Waals surface area contributed by atoms with Crippen molar-refractivity contribution in [1.29, 1.82) is 0 Å². The van der Waals surface area contributed by atoms with E-state index in [1.54, 1.807) is 0 Å². The third kappa shape index (κ3) is 5.03. The maximum absolute atomic E-state index is 5.59. The minimum atomic E-state index is 0.694. The fraction of sp³-hybridized carbons (Fsp3) is 0.538. The van der Waals surface area contributed by atoms with E-state index in [4.69, 9.17) is 15.2 Å². The molecular weight excluding hydrogens is 202 g/mol. The number of hydrogen-bond donors (Lipinski definition) is 1. The third-order valence-electron chi connectivity index (χ3n) is 2.25. The molecular formula is C13H21NO2. The molecule has 0 aliphatic rings. The number of unbranched alkanes of at least 4 members (excludes halogenated alkanes) is 2. The second kappa shape index (κ2) is 7.99. The van der Waals surface area contributed by atoms with Crippen LogP contribution in [-0.2, 0) is 0 Å². The van der Waals surface area contributed by atoms with Gasteiger partial charge in [0.1, 0.15) is 11.5 Å². The minimum absolute atomic E-state index is 0.694. The Kier molecular flexibility index (Phi) is 6.42. The molecule has 0 heterocycles. The van der Waals surface area contributed by atoms with E-state index in [0.29, 0.717) is 6.61 Å². The fourth-order valence-electron chi connectivity index (χ4n) is 1.41. The zero-order chi connectivity index (χ0) is 11.6. The highest BCUT2D eigenvalue weighted by molar-refractivity contribution is 5.31. The van der Waals surface area contributed by atoms with Crippen LogP contribution >= 0.6 is 0 Å². The van der Waals surface area contributed by atoms with Crippen LogP contribution in [0.15, 0.2) is 24.3 Å². The molecule has 3 nitrogen and oxygen atoms in total. The van der Waals surface area contributed by atoms with Crippen LogP contribution in [0.4, 0.5) is 0 Å². The normalized spacial score (nSPS) is 10.1. The molecule has 0 spiro atoms. The molecule has 0 saturated heterocycles. The molecule has 0 amide bonds. The van der Waals surface area contributed by atoms with Gasteiger partial charge in [0.15, 0.2) is 0 Å². The van der Waals surface area contributed by atoms with Crippen molar-refractivity contribution in [3.8, 4) is 11.5 Å². The lowest BCUT2D eigenvalue weighted by molar-refractivity contribution is 0.303. The smallest absolute Gasteiger partial charge is 0.119 e. The number of benzene rings is 1. The lowest BCUT2D eigenvalue weighted by Crippen LogP contribution is -2.01. The summed E-state index contributed by atoms with van der Waals surface area (Å²) >= 11 is 0. The summed E-state index contributed by atoms with van der Waals surface area (Å²) in [5.74, 6) is 1.79.